The van der Waals surface area contributed by atoms with Crippen molar-refractivity contribution in [1.82, 2.24) is 10.3 Å². The highest BCUT2D eigenvalue weighted by atomic mass is 32.1. The number of ether oxygens (including phenoxy) is 2. The van der Waals surface area contributed by atoms with Gasteiger partial charge in [-0.15, -0.1) is 11.3 Å². The van der Waals surface area contributed by atoms with Crippen molar-refractivity contribution in [3.8, 4) is 0 Å². The van der Waals surface area contributed by atoms with Gasteiger partial charge in [-0.25, -0.2) is 4.98 Å². The van der Waals surface area contributed by atoms with Crippen molar-refractivity contribution in [1.29, 1.82) is 0 Å². The van der Waals surface area contributed by atoms with Crippen LogP contribution in [0.15, 0.2) is 0 Å². The SMILES string of the molecule is CCNCc1sc(N2CCC(OC)CC2)nc1COC. The van der Waals surface area contributed by atoms with Gasteiger partial charge in [0.25, 0.3) is 0 Å². The molecule has 0 aliphatic carbocycles. The van der Waals surface area contributed by atoms with Crippen LogP contribution in [0.5, 0.6) is 0 Å². The first-order valence-corrected chi connectivity index (χ1v) is 8.06. The third-order valence-electron chi connectivity index (χ3n) is 3.63. The summed E-state index contributed by atoms with van der Waals surface area (Å²) < 4.78 is 10.7. The standard InChI is InChI=1S/C14H25N3O2S/c1-4-15-9-13-12(10-18-2)16-14(20-13)17-7-5-11(19-3)6-8-17/h11,15H,4-10H2,1-3H3. The molecule has 6 heteroatoms. The molecule has 2 rings (SSSR count). The maximum atomic E-state index is 5.42. The van der Waals surface area contributed by atoms with Gasteiger partial charge in [0.15, 0.2) is 5.13 Å². The Morgan fingerprint density at radius 3 is 2.70 bits per heavy atom. The minimum Gasteiger partial charge on any atom is -0.381 e. The lowest BCUT2D eigenvalue weighted by Crippen LogP contribution is -2.36. The van der Waals surface area contributed by atoms with Gasteiger partial charge in [0.05, 0.1) is 18.4 Å². The van der Waals surface area contributed by atoms with Crippen LogP contribution < -0.4 is 10.2 Å². The number of nitrogens with one attached hydrogen (secondary N) is 1. The normalized spacial score (nSPS) is 16.9. The number of piperidine rings is 1. The highest BCUT2D eigenvalue weighted by molar-refractivity contribution is 7.15. The molecule has 0 amide bonds. The largest absolute Gasteiger partial charge is 0.381 e. The second kappa shape index (κ2) is 7.93. The van der Waals surface area contributed by atoms with Crippen LogP contribution in [-0.2, 0) is 22.6 Å². The Hall–Kier alpha value is -0.690. The number of hydrogen-bond acceptors (Lipinski definition) is 6. The maximum Gasteiger partial charge on any atom is 0.185 e. The fraction of sp³-hybridized carbons (Fsp3) is 0.786. The molecule has 1 aliphatic heterocycles. The average Bonchev–Trinajstić information content (AvgIpc) is 2.89. The third kappa shape index (κ3) is 3.91. The minimum absolute atomic E-state index is 0.408. The second-order valence-electron chi connectivity index (χ2n) is 5.00. The van der Waals surface area contributed by atoms with Gasteiger partial charge in [0.1, 0.15) is 0 Å². The lowest BCUT2D eigenvalue weighted by Gasteiger charge is -2.30. The first-order chi connectivity index (χ1) is 9.78. The van der Waals surface area contributed by atoms with Gasteiger partial charge in [-0.1, -0.05) is 6.92 Å². The Kier molecular flexibility index (Phi) is 6.22. The first-order valence-electron chi connectivity index (χ1n) is 7.24. The molecule has 1 fully saturated rings. The number of hydrogen-bond donors (Lipinski definition) is 1. The van der Waals surface area contributed by atoms with Crippen molar-refractivity contribution in [2.75, 3.05) is 38.8 Å². The molecule has 1 aromatic rings. The summed E-state index contributed by atoms with van der Waals surface area (Å²) >= 11 is 1.79. The third-order valence-corrected chi connectivity index (χ3v) is 4.79. The van der Waals surface area contributed by atoms with Crippen LogP contribution in [0, 0.1) is 0 Å². The molecule has 1 saturated heterocycles. The molecule has 1 aromatic heterocycles. The summed E-state index contributed by atoms with van der Waals surface area (Å²) in [5.41, 5.74) is 1.07. The van der Waals surface area contributed by atoms with E-state index >= 15 is 0 Å². The van der Waals surface area contributed by atoms with Crippen molar-refractivity contribution in [2.24, 2.45) is 0 Å². The Bertz CT molecular complexity index is 403. The molecule has 0 spiro atoms. The van der Waals surface area contributed by atoms with E-state index in [-0.39, 0.29) is 0 Å². The van der Waals surface area contributed by atoms with Gasteiger partial charge in [-0.05, 0) is 19.4 Å². The Balaban J connectivity index is 2.04. The van der Waals surface area contributed by atoms with Gasteiger partial charge in [0, 0.05) is 38.7 Å². The number of anilines is 1. The summed E-state index contributed by atoms with van der Waals surface area (Å²) in [6.07, 6.45) is 2.57. The van der Waals surface area contributed by atoms with Crippen LogP contribution >= 0.6 is 11.3 Å². The Morgan fingerprint density at radius 2 is 2.10 bits per heavy atom. The van der Waals surface area contributed by atoms with E-state index in [0.29, 0.717) is 12.7 Å². The van der Waals surface area contributed by atoms with Crippen LogP contribution in [0.3, 0.4) is 0 Å². The molecule has 0 bridgehead atoms. The van der Waals surface area contributed by atoms with Crippen LogP contribution in [0.2, 0.25) is 0 Å². The van der Waals surface area contributed by atoms with Gasteiger partial charge in [-0.2, -0.15) is 0 Å². The predicted molar refractivity (Wildman–Crippen MR) is 82.5 cm³/mol. The maximum absolute atomic E-state index is 5.42. The lowest BCUT2D eigenvalue weighted by molar-refractivity contribution is 0.0819. The van der Waals surface area contributed by atoms with Gasteiger partial charge < -0.3 is 19.7 Å². The highest BCUT2D eigenvalue weighted by Crippen LogP contribution is 2.29. The van der Waals surface area contributed by atoms with Crippen LogP contribution in [0.25, 0.3) is 0 Å². The molecular formula is C14H25N3O2S. The van der Waals surface area contributed by atoms with Crippen LogP contribution in [-0.4, -0.2) is 44.9 Å². The lowest BCUT2D eigenvalue weighted by atomic mass is 10.1. The Labute approximate surface area is 125 Å². The second-order valence-corrected chi connectivity index (χ2v) is 6.06. The highest BCUT2D eigenvalue weighted by Gasteiger charge is 2.22. The molecule has 0 radical (unpaired) electrons. The molecule has 0 aromatic carbocycles. The molecular weight excluding hydrogens is 274 g/mol. The zero-order chi connectivity index (χ0) is 14.4. The van der Waals surface area contributed by atoms with Gasteiger partial charge >= 0.3 is 0 Å². The molecule has 0 unspecified atom stereocenters. The summed E-state index contributed by atoms with van der Waals surface area (Å²) in [6, 6.07) is 0. The summed E-state index contributed by atoms with van der Waals surface area (Å²) in [7, 11) is 3.52. The first kappa shape index (κ1) is 15.7. The molecule has 1 aliphatic rings. The van der Waals surface area contributed by atoms with E-state index in [0.717, 1.165) is 49.8 Å². The van der Waals surface area contributed by atoms with E-state index in [1.165, 1.54) is 4.88 Å². The molecule has 5 nitrogen and oxygen atoms in total. The predicted octanol–water partition coefficient (Wildman–Crippen LogP) is 2.01. The molecule has 0 atom stereocenters. The number of nitrogens with zero attached hydrogens (tertiary/aromatic N) is 2. The number of thiazole rings is 1. The molecule has 20 heavy (non-hydrogen) atoms. The molecule has 0 saturated carbocycles. The summed E-state index contributed by atoms with van der Waals surface area (Å²) in [5, 5.41) is 4.50. The quantitative estimate of drug-likeness (QED) is 0.834. The zero-order valence-electron chi connectivity index (χ0n) is 12.6. The molecule has 1 N–H and O–H groups in total. The van der Waals surface area contributed by atoms with Crippen LogP contribution in [0.1, 0.15) is 30.3 Å². The summed E-state index contributed by atoms with van der Waals surface area (Å²) in [4.78, 5) is 8.43. The zero-order valence-corrected chi connectivity index (χ0v) is 13.5. The fourth-order valence-electron chi connectivity index (χ4n) is 2.41. The van der Waals surface area contributed by atoms with Gasteiger partial charge in [-0.3, -0.25) is 0 Å². The van der Waals surface area contributed by atoms with Crippen molar-refractivity contribution < 1.29 is 9.47 Å². The number of methoxy groups -OCH3 is 2. The van der Waals surface area contributed by atoms with Crippen molar-refractivity contribution >= 4 is 16.5 Å². The van der Waals surface area contributed by atoms with Crippen LogP contribution in [0.4, 0.5) is 5.13 Å². The Morgan fingerprint density at radius 1 is 1.35 bits per heavy atom. The van der Waals surface area contributed by atoms with E-state index in [1.807, 2.05) is 0 Å². The summed E-state index contributed by atoms with van der Waals surface area (Å²) in [6.45, 7) is 6.61. The van der Waals surface area contributed by atoms with E-state index in [9.17, 15) is 0 Å². The summed E-state index contributed by atoms with van der Waals surface area (Å²) in [5.74, 6) is 0. The van der Waals surface area contributed by atoms with Gasteiger partial charge in [0.2, 0.25) is 0 Å². The minimum atomic E-state index is 0.408. The molecule has 114 valence electrons. The number of aromatic nitrogens is 1. The fourth-order valence-corrected chi connectivity index (χ4v) is 3.50. The van der Waals surface area contributed by atoms with E-state index in [2.05, 4.69) is 17.1 Å². The monoisotopic (exact) mass is 299 g/mol. The topological polar surface area (TPSA) is 46.6 Å². The number of rotatable bonds is 7. The van der Waals surface area contributed by atoms with E-state index < -0.39 is 0 Å². The average molecular weight is 299 g/mol. The van der Waals surface area contributed by atoms with E-state index in [1.54, 1.807) is 25.6 Å². The van der Waals surface area contributed by atoms with Crippen molar-refractivity contribution in [3.05, 3.63) is 10.6 Å². The van der Waals surface area contributed by atoms with E-state index in [4.69, 9.17) is 14.5 Å². The molecule has 2 heterocycles. The van der Waals surface area contributed by atoms with Crippen molar-refractivity contribution in [3.63, 3.8) is 0 Å². The van der Waals surface area contributed by atoms with Crippen molar-refractivity contribution in [2.45, 2.75) is 39.0 Å². The smallest absolute Gasteiger partial charge is 0.185 e.